The number of nitrogens with zero attached hydrogens (tertiary/aromatic N) is 2. The van der Waals surface area contributed by atoms with Gasteiger partial charge in [-0.05, 0) is 64.9 Å². The van der Waals surface area contributed by atoms with Crippen molar-refractivity contribution in [2.75, 3.05) is 7.11 Å². The third-order valence-electron chi connectivity index (χ3n) is 4.79. The van der Waals surface area contributed by atoms with Crippen molar-refractivity contribution in [3.8, 4) is 11.5 Å². The maximum atomic E-state index is 12.8. The molecule has 0 spiro atoms. The Morgan fingerprint density at radius 2 is 1.84 bits per heavy atom. The molecule has 0 saturated carbocycles. The Morgan fingerprint density at radius 3 is 2.59 bits per heavy atom. The van der Waals surface area contributed by atoms with Crippen molar-refractivity contribution >= 4 is 40.6 Å². The molecule has 2 heterocycles. The number of carbonyl (C=O) groups excluding carboxylic acids is 2. The van der Waals surface area contributed by atoms with Gasteiger partial charge in [0.25, 0.3) is 11.1 Å². The molecule has 0 atom stereocenters. The van der Waals surface area contributed by atoms with Crippen molar-refractivity contribution < 1.29 is 19.1 Å². The first-order chi connectivity index (χ1) is 15.5. The minimum absolute atomic E-state index is 0.132. The lowest BCUT2D eigenvalue weighted by Crippen LogP contribution is -2.27. The lowest BCUT2D eigenvalue weighted by Gasteiger charge is -2.13. The number of hydrogen-bond donors (Lipinski definition) is 0. The van der Waals surface area contributed by atoms with Crippen LogP contribution in [-0.2, 0) is 17.9 Å². The summed E-state index contributed by atoms with van der Waals surface area (Å²) < 4.78 is 11.3. The Labute approximate surface area is 194 Å². The highest BCUT2D eigenvalue weighted by Gasteiger charge is 2.35. The number of halogens is 1. The Hall–Kier alpha value is -3.29. The third-order valence-corrected chi connectivity index (χ3v) is 6.07. The SMILES string of the molecule is COc1cc(/C=C2\SC(=O)N(Cc3ccccc3Cl)C2=O)ccc1OCc1ccncc1. The predicted molar refractivity (Wildman–Crippen MR) is 125 cm³/mol. The second-order valence-electron chi connectivity index (χ2n) is 6.91. The average Bonchev–Trinajstić information content (AvgIpc) is 3.07. The summed E-state index contributed by atoms with van der Waals surface area (Å²) >= 11 is 7.08. The number of imide groups is 1. The van der Waals surface area contributed by atoms with E-state index in [-0.39, 0.29) is 17.7 Å². The molecule has 8 heteroatoms. The summed E-state index contributed by atoms with van der Waals surface area (Å²) in [5.74, 6) is 0.758. The number of hydrogen-bond acceptors (Lipinski definition) is 6. The van der Waals surface area contributed by atoms with E-state index in [1.807, 2.05) is 24.3 Å². The number of ether oxygens (including phenoxy) is 2. The van der Waals surface area contributed by atoms with Crippen molar-refractivity contribution in [1.29, 1.82) is 0 Å². The normalized spacial score (nSPS) is 14.8. The van der Waals surface area contributed by atoms with Crippen LogP contribution in [0.1, 0.15) is 16.7 Å². The summed E-state index contributed by atoms with van der Waals surface area (Å²) in [6.45, 7) is 0.506. The summed E-state index contributed by atoms with van der Waals surface area (Å²) in [5.41, 5.74) is 2.43. The minimum atomic E-state index is -0.350. The highest BCUT2D eigenvalue weighted by Crippen LogP contribution is 2.36. The van der Waals surface area contributed by atoms with Crippen LogP contribution in [0.2, 0.25) is 5.02 Å². The van der Waals surface area contributed by atoms with Crippen molar-refractivity contribution in [3.05, 3.63) is 93.6 Å². The van der Waals surface area contributed by atoms with Gasteiger partial charge in [-0.25, -0.2) is 0 Å². The van der Waals surface area contributed by atoms with Crippen molar-refractivity contribution in [1.82, 2.24) is 9.88 Å². The monoisotopic (exact) mass is 466 g/mol. The van der Waals surface area contributed by atoms with Gasteiger partial charge in [-0.3, -0.25) is 19.5 Å². The van der Waals surface area contributed by atoms with Crippen LogP contribution in [0.4, 0.5) is 4.79 Å². The molecule has 2 amide bonds. The van der Waals surface area contributed by atoms with Crippen LogP contribution in [0.3, 0.4) is 0 Å². The van der Waals surface area contributed by atoms with Crippen LogP contribution < -0.4 is 9.47 Å². The topological polar surface area (TPSA) is 68.7 Å². The number of benzene rings is 2. The lowest BCUT2D eigenvalue weighted by atomic mass is 10.1. The van der Waals surface area contributed by atoms with Gasteiger partial charge < -0.3 is 9.47 Å². The second-order valence-corrected chi connectivity index (χ2v) is 8.31. The van der Waals surface area contributed by atoms with Crippen LogP contribution >= 0.6 is 23.4 Å². The zero-order chi connectivity index (χ0) is 22.5. The zero-order valence-corrected chi connectivity index (χ0v) is 18.7. The van der Waals surface area contributed by atoms with E-state index in [0.29, 0.717) is 28.0 Å². The first kappa shape index (κ1) is 21.9. The maximum absolute atomic E-state index is 12.8. The van der Waals surface area contributed by atoms with Crippen LogP contribution in [0.5, 0.6) is 11.5 Å². The molecular formula is C24H19ClN2O4S. The number of rotatable bonds is 7. The van der Waals surface area contributed by atoms with E-state index < -0.39 is 0 Å². The van der Waals surface area contributed by atoms with E-state index in [4.69, 9.17) is 21.1 Å². The number of thioether (sulfide) groups is 1. The number of pyridine rings is 1. The maximum Gasteiger partial charge on any atom is 0.293 e. The molecule has 0 unspecified atom stereocenters. The number of methoxy groups -OCH3 is 1. The summed E-state index contributed by atoms with van der Waals surface area (Å²) in [6.07, 6.45) is 5.09. The molecule has 0 radical (unpaired) electrons. The fourth-order valence-electron chi connectivity index (χ4n) is 3.12. The quantitative estimate of drug-likeness (QED) is 0.425. The van der Waals surface area contributed by atoms with Gasteiger partial charge in [0.1, 0.15) is 6.61 Å². The summed E-state index contributed by atoms with van der Waals surface area (Å²) in [4.78, 5) is 30.8. The van der Waals surface area contributed by atoms with Gasteiger partial charge in [0.05, 0.1) is 18.6 Å². The fourth-order valence-corrected chi connectivity index (χ4v) is 4.15. The molecule has 4 rings (SSSR count). The predicted octanol–water partition coefficient (Wildman–Crippen LogP) is 5.56. The Morgan fingerprint density at radius 1 is 1.06 bits per heavy atom. The minimum Gasteiger partial charge on any atom is -0.493 e. The summed E-state index contributed by atoms with van der Waals surface area (Å²) in [7, 11) is 1.55. The molecule has 2 aromatic carbocycles. The van der Waals surface area contributed by atoms with Gasteiger partial charge in [0.15, 0.2) is 11.5 Å². The highest BCUT2D eigenvalue weighted by atomic mass is 35.5. The Balaban J connectivity index is 1.50. The molecule has 32 heavy (non-hydrogen) atoms. The molecule has 1 aliphatic heterocycles. The summed E-state index contributed by atoms with van der Waals surface area (Å²) in [5, 5.41) is 0.188. The number of carbonyl (C=O) groups is 2. The van der Waals surface area contributed by atoms with Gasteiger partial charge in [-0.1, -0.05) is 35.9 Å². The second kappa shape index (κ2) is 9.89. The molecule has 1 aromatic heterocycles. The van der Waals surface area contributed by atoms with E-state index in [0.717, 1.165) is 28.5 Å². The van der Waals surface area contributed by atoms with E-state index in [2.05, 4.69) is 4.98 Å². The Bertz CT molecular complexity index is 1180. The van der Waals surface area contributed by atoms with E-state index in [1.54, 1.807) is 55.9 Å². The molecule has 1 saturated heterocycles. The molecular weight excluding hydrogens is 448 g/mol. The van der Waals surface area contributed by atoms with E-state index in [1.165, 1.54) is 4.90 Å². The van der Waals surface area contributed by atoms with E-state index in [9.17, 15) is 9.59 Å². The zero-order valence-electron chi connectivity index (χ0n) is 17.2. The van der Waals surface area contributed by atoms with Crippen LogP contribution in [-0.4, -0.2) is 28.1 Å². The van der Waals surface area contributed by atoms with Crippen molar-refractivity contribution in [3.63, 3.8) is 0 Å². The summed E-state index contributed by atoms with van der Waals surface area (Å²) in [6, 6.07) is 16.3. The van der Waals surface area contributed by atoms with Gasteiger partial charge in [-0.2, -0.15) is 0 Å². The first-order valence-corrected chi connectivity index (χ1v) is 10.9. The van der Waals surface area contributed by atoms with Crippen LogP contribution in [0, 0.1) is 0 Å². The Kier molecular flexibility index (Phi) is 6.78. The van der Waals surface area contributed by atoms with Gasteiger partial charge in [-0.15, -0.1) is 0 Å². The molecule has 162 valence electrons. The molecule has 0 aliphatic carbocycles. The van der Waals surface area contributed by atoms with Crippen LogP contribution in [0.15, 0.2) is 71.9 Å². The number of aromatic nitrogens is 1. The molecule has 0 N–H and O–H groups in total. The molecule has 0 bridgehead atoms. The van der Waals surface area contributed by atoms with Crippen molar-refractivity contribution in [2.24, 2.45) is 0 Å². The molecule has 1 aliphatic rings. The van der Waals surface area contributed by atoms with Gasteiger partial charge >= 0.3 is 0 Å². The molecule has 1 fully saturated rings. The first-order valence-electron chi connectivity index (χ1n) is 9.73. The standard InChI is InChI=1S/C24H19ClN2O4S/c1-30-21-12-17(6-7-20(21)31-15-16-8-10-26-11-9-16)13-22-23(28)27(24(29)32-22)14-18-4-2-3-5-19(18)25/h2-13H,14-15H2,1H3/b22-13-. The lowest BCUT2D eigenvalue weighted by molar-refractivity contribution is -0.123. The fraction of sp³-hybridized carbons (Fsp3) is 0.125. The van der Waals surface area contributed by atoms with Gasteiger partial charge in [0, 0.05) is 17.4 Å². The number of amides is 2. The third kappa shape index (κ3) is 4.95. The van der Waals surface area contributed by atoms with Gasteiger partial charge in [0.2, 0.25) is 0 Å². The van der Waals surface area contributed by atoms with E-state index >= 15 is 0 Å². The molecule has 6 nitrogen and oxygen atoms in total. The van der Waals surface area contributed by atoms with Crippen molar-refractivity contribution in [2.45, 2.75) is 13.2 Å². The molecule has 3 aromatic rings. The smallest absolute Gasteiger partial charge is 0.293 e. The largest absolute Gasteiger partial charge is 0.493 e. The highest BCUT2D eigenvalue weighted by molar-refractivity contribution is 8.18. The van der Waals surface area contributed by atoms with Crippen LogP contribution in [0.25, 0.3) is 6.08 Å². The average molecular weight is 467 g/mol.